The quantitative estimate of drug-likeness (QED) is 0.846. The van der Waals surface area contributed by atoms with Crippen molar-refractivity contribution in [2.45, 2.75) is 25.9 Å². The molecule has 0 aromatic carbocycles. The minimum atomic E-state index is -0.109. The topological polar surface area (TPSA) is 48.1 Å². The van der Waals surface area contributed by atoms with Crippen LogP contribution >= 0.6 is 23.6 Å². The highest BCUT2D eigenvalue weighted by Crippen LogP contribution is 2.24. The second kappa shape index (κ2) is 6.73. The summed E-state index contributed by atoms with van der Waals surface area (Å²) in [5.41, 5.74) is 1.96. The Labute approximate surface area is 139 Å². The van der Waals surface area contributed by atoms with Crippen LogP contribution in [0, 0.1) is 4.64 Å². The molecule has 0 saturated heterocycles. The molecule has 3 heterocycles. The van der Waals surface area contributed by atoms with E-state index in [1.807, 2.05) is 11.3 Å². The highest BCUT2D eigenvalue weighted by atomic mass is 32.1. The Morgan fingerprint density at radius 1 is 1.55 bits per heavy atom. The van der Waals surface area contributed by atoms with Crippen molar-refractivity contribution in [1.29, 1.82) is 0 Å². The van der Waals surface area contributed by atoms with Crippen LogP contribution in [0.15, 0.2) is 29.8 Å². The molecule has 2 aromatic rings. The number of aromatic nitrogens is 1. The predicted molar refractivity (Wildman–Crippen MR) is 91.9 cm³/mol. The van der Waals surface area contributed by atoms with Crippen molar-refractivity contribution in [2.75, 3.05) is 13.1 Å². The van der Waals surface area contributed by atoms with E-state index >= 15 is 0 Å². The molecule has 0 radical (unpaired) electrons. The Hall–Kier alpha value is -1.50. The molecule has 0 spiro atoms. The molecular weight excluding hydrogens is 314 g/mol. The van der Waals surface area contributed by atoms with E-state index in [1.54, 1.807) is 18.3 Å². The molecule has 116 valence electrons. The molecule has 0 bridgehead atoms. The standard InChI is InChI=1S/C16H19N3OS2/c1-11(19-7-4-14-12(10-19)5-8-22-14)9-18-15(20)13-3-2-6-17-16(13)21/h2-3,5-6,8,11H,4,7,9-10H2,1H3,(H,17,21)(H,18,20). The third kappa shape index (κ3) is 3.29. The number of pyridine rings is 1. The van der Waals surface area contributed by atoms with Crippen molar-refractivity contribution < 1.29 is 4.79 Å². The lowest BCUT2D eigenvalue weighted by atomic mass is 10.1. The summed E-state index contributed by atoms with van der Waals surface area (Å²) in [4.78, 5) is 19.0. The van der Waals surface area contributed by atoms with Crippen molar-refractivity contribution in [3.8, 4) is 0 Å². The third-order valence-corrected chi connectivity index (χ3v) is 5.44. The first-order valence-electron chi connectivity index (χ1n) is 7.40. The molecule has 1 aliphatic heterocycles. The third-order valence-electron chi connectivity index (χ3n) is 4.08. The van der Waals surface area contributed by atoms with Gasteiger partial charge in [-0.1, -0.05) is 12.2 Å². The molecule has 2 N–H and O–H groups in total. The number of carbonyl (C=O) groups is 1. The number of nitrogens with zero attached hydrogens (tertiary/aromatic N) is 1. The molecule has 0 fully saturated rings. The minimum Gasteiger partial charge on any atom is -0.352 e. The van der Waals surface area contributed by atoms with Crippen LogP contribution in [0.3, 0.4) is 0 Å². The SMILES string of the molecule is CC(CNC(=O)c1ccc[nH]c1=S)N1CCc2sccc2C1. The minimum absolute atomic E-state index is 0.109. The summed E-state index contributed by atoms with van der Waals surface area (Å²) in [7, 11) is 0. The molecule has 1 amide bonds. The summed E-state index contributed by atoms with van der Waals surface area (Å²) < 4.78 is 0.480. The van der Waals surface area contributed by atoms with E-state index in [0.717, 1.165) is 19.5 Å². The average molecular weight is 333 g/mol. The first-order chi connectivity index (χ1) is 10.6. The smallest absolute Gasteiger partial charge is 0.254 e. The fourth-order valence-corrected chi connectivity index (χ4v) is 3.83. The van der Waals surface area contributed by atoms with Gasteiger partial charge in [0.2, 0.25) is 0 Å². The monoisotopic (exact) mass is 333 g/mol. The van der Waals surface area contributed by atoms with Crippen LogP contribution in [0.25, 0.3) is 0 Å². The van der Waals surface area contributed by atoms with Crippen molar-refractivity contribution >= 4 is 29.5 Å². The zero-order valence-electron chi connectivity index (χ0n) is 12.5. The number of hydrogen-bond acceptors (Lipinski definition) is 4. The lowest BCUT2D eigenvalue weighted by Crippen LogP contribution is -2.44. The summed E-state index contributed by atoms with van der Waals surface area (Å²) >= 11 is 6.99. The number of amides is 1. The molecule has 22 heavy (non-hydrogen) atoms. The molecule has 3 rings (SSSR count). The van der Waals surface area contributed by atoms with E-state index in [-0.39, 0.29) is 5.91 Å². The van der Waals surface area contributed by atoms with Crippen LogP contribution in [0.4, 0.5) is 0 Å². The molecule has 1 unspecified atom stereocenters. The summed E-state index contributed by atoms with van der Waals surface area (Å²) in [6.45, 7) is 4.81. The maximum absolute atomic E-state index is 12.2. The van der Waals surface area contributed by atoms with Gasteiger partial charge in [0.05, 0.1) is 5.56 Å². The lowest BCUT2D eigenvalue weighted by molar-refractivity contribution is 0.0932. The zero-order chi connectivity index (χ0) is 15.5. The fourth-order valence-electron chi connectivity index (χ4n) is 2.71. The maximum Gasteiger partial charge on any atom is 0.254 e. The van der Waals surface area contributed by atoms with Gasteiger partial charge in [-0.05, 0) is 42.5 Å². The Morgan fingerprint density at radius 2 is 2.41 bits per heavy atom. The summed E-state index contributed by atoms with van der Waals surface area (Å²) in [6, 6.07) is 6.05. The van der Waals surface area contributed by atoms with Crippen molar-refractivity contribution in [2.24, 2.45) is 0 Å². The van der Waals surface area contributed by atoms with E-state index < -0.39 is 0 Å². The number of aromatic amines is 1. The van der Waals surface area contributed by atoms with Gasteiger partial charge >= 0.3 is 0 Å². The van der Waals surface area contributed by atoms with Crippen LogP contribution in [-0.4, -0.2) is 34.9 Å². The van der Waals surface area contributed by atoms with Gasteiger partial charge in [-0.2, -0.15) is 0 Å². The molecule has 6 heteroatoms. The molecule has 1 aliphatic rings. The molecule has 2 aromatic heterocycles. The highest BCUT2D eigenvalue weighted by Gasteiger charge is 2.21. The van der Waals surface area contributed by atoms with E-state index in [1.165, 1.54) is 10.4 Å². The van der Waals surface area contributed by atoms with Gasteiger partial charge in [-0.15, -0.1) is 11.3 Å². The van der Waals surface area contributed by atoms with Crippen LogP contribution in [0.2, 0.25) is 0 Å². The normalized spacial score (nSPS) is 16.0. The van der Waals surface area contributed by atoms with Crippen LogP contribution in [0.5, 0.6) is 0 Å². The molecule has 0 aliphatic carbocycles. The predicted octanol–water partition coefficient (Wildman–Crippen LogP) is 2.98. The molecule has 1 atom stereocenters. The van der Waals surface area contributed by atoms with Crippen LogP contribution < -0.4 is 5.32 Å². The number of H-pyrrole nitrogens is 1. The summed E-state index contributed by atoms with van der Waals surface area (Å²) in [5.74, 6) is -0.109. The van der Waals surface area contributed by atoms with Crippen molar-refractivity contribution in [3.05, 3.63) is 50.4 Å². The summed E-state index contributed by atoms with van der Waals surface area (Å²) in [5, 5.41) is 5.15. The van der Waals surface area contributed by atoms with Gasteiger partial charge in [0, 0.05) is 36.8 Å². The van der Waals surface area contributed by atoms with Crippen molar-refractivity contribution in [3.63, 3.8) is 0 Å². The summed E-state index contributed by atoms with van der Waals surface area (Å²) in [6.07, 6.45) is 2.84. The van der Waals surface area contributed by atoms with E-state index in [2.05, 4.69) is 33.6 Å². The Balaban J connectivity index is 1.57. The van der Waals surface area contributed by atoms with Gasteiger partial charge in [-0.25, -0.2) is 0 Å². The Kier molecular flexibility index (Phi) is 4.71. The Morgan fingerprint density at radius 3 is 3.23 bits per heavy atom. The average Bonchev–Trinajstić information content (AvgIpc) is 3.00. The maximum atomic E-state index is 12.2. The lowest BCUT2D eigenvalue weighted by Gasteiger charge is -2.32. The van der Waals surface area contributed by atoms with Gasteiger partial charge < -0.3 is 10.3 Å². The van der Waals surface area contributed by atoms with Crippen LogP contribution in [0.1, 0.15) is 27.7 Å². The number of fused-ring (bicyclic) bond motifs is 1. The second-order valence-corrected chi connectivity index (χ2v) is 6.97. The zero-order valence-corrected chi connectivity index (χ0v) is 14.1. The molecule has 4 nitrogen and oxygen atoms in total. The number of hydrogen-bond donors (Lipinski definition) is 2. The number of rotatable bonds is 4. The van der Waals surface area contributed by atoms with E-state index in [0.29, 0.717) is 22.8 Å². The van der Waals surface area contributed by atoms with Gasteiger partial charge in [0.25, 0.3) is 5.91 Å². The first kappa shape index (κ1) is 15.4. The first-order valence-corrected chi connectivity index (χ1v) is 8.69. The molecular formula is C16H19N3OS2. The number of thiophene rings is 1. The van der Waals surface area contributed by atoms with Crippen molar-refractivity contribution in [1.82, 2.24) is 15.2 Å². The van der Waals surface area contributed by atoms with Gasteiger partial charge in [0.15, 0.2) is 0 Å². The largest absolute Gasteiger partial charge is 0.352 e. The number of carbonyl (C=O) groups excluding carboxylic acids is 1. The fraction of sp³-hybridized carbons (Fsp3) is 0.375. The highest BCUT2D eigenvalue weighted by molar-refractivity contribution is 7.71. The van der Waals surface area contributed by atoms with Gasteiger partial charge in [-0.3, -0.25) is 9.69 Å². The van der Waals surface area contributed by atoms with E-state index in [4.69, 9.17) is 12.2 Å². The molecule has 0 saturated carbocycles. The van der Waals surface area contributed by atoms with Gasteiger partial charge in [0.1, 0.15) is 4.64 Å². The Bertz CT molecular complexity index is 722. The second-order valence-electron chi connectivity index (χ2n) is 5.56. The number of nitrogens with one attached hydrogen (secondary N) is 2. The van der Waals surface area contributed by atoms with Crippen LogP contribution in [-0.2, 0) is 13.0 Å². The van der Waals surface area contributed by atoms with E-state index in [9.17, 15) is 4.79 Å².